The Hall–Kier alpha value is -2.54. The van der Waals surface area contributed by atoms with Crippen LogP contribution in [0.4, 0.5) is 5.69 Å². The highest BCUT2D eigenvalue weighted by molar-refractivity contribution is 9.10. The second-order valence-electron chi connectivity index (χ2n) is 5.19. The average Bonchev–Trinajstić information content (AvgIpc) is 2.61. The Kier molecular flexibility index (Phi) is 6.41. The number of amides is 1. The van der Waals surface area contributed by atoms with Crippen LogP contribution in [0.1, 0.15) is 15.9 Å². The van der Waals surface area contributed by atoms with Crippen molar-refractivity contribution in [2.24, 2.45) is 0 Å². The molecule has 0 saturated heterocycles. The number of methoxy groups -OCH3 is 2. The lowest BCUT2D eigenvalue weighted by atomic mass is 10.2. The van der Waals surface area contributed by atoms with Gasteiger partial charge < -0.3 is 19.5 Å². The lowest BCUT2D eigenvalue weighted by molar-refractivity contribution is -0.119. The Morgan fingerprint density at radius 1 is 1.04 bits per heavy atom. The van der Waals surface area contributed by atoms with Gasteiger partial charge in [0, 0.05) is 5.69 Å². The van der Waals surface area contributed by atoms with Gasteiger partial charge in [0.2, 0.25) is 0 Å². The first-order chi connectivity index (χ1) is 11.9. The van der Waals surface area contributed by atoms with Gasteiger partial charge in [-0.05, 0) is 47.1 Å². The zero-order valence-electron chi connectivity index (χ0n) is 14.1. The van der Waals surface area contributed by atoms with E-state index >= 15 is 0 Å². The third-order valence-corrected chi connectivity index (χ3v) is 4.13. The minimum atomic E-state index is -0.650. The summed E-state index contributed by atoms with van der Waals surface area (Å²) in [6.45, 7) is 1.56. The first-order valence-electron chi connectivity index (χ1n) is 7.39. The minimum absolute atomic E-state index is 0.222. The zero-order chi connectivity index (χ0) is 18.4. The molecule has 2 rings (SSSR count). The van der Waals surface area contributed by atoms with Crippen LogP contribution in [-0.2, 0) is 9.53 Å². The number of rotatable bonds is 6. The second-order valence-corrected chi connectivity index (χ2v) is 5.98. The number of hydrogen-bond donors (Lipinski definition) is 1. The van der Waals surface area contributed by atoms with E-state index in [-0.39, 0.29) is 5.56 Å². The number of halogens is 1. The Morgan fingerprint density at radius 2 is 1.60 bits per heavy atom. The molecule has 0 heterocycles. The van der Waals surface area contributed by atoms with E-state index in [1.165, 1.54) is 26.4 Å². The number of hydrogen-bond acceptors (Lipinski definition) is 5. The maximum atomic E-state index is 12.2. The van der Waals surface area contributed by atoms with Crippen molar-refractivity contribution in [2.45, 2.75) is 6.92 Å². The normalized spacial score (nSPS) is 10.1. The van der Waals surface area contributed by atoms with Crippen LogP contribution in [-0.4, -0.2) is 32.7 Å². The largest absolute Gasteiger partial charge is 0.495 e. The fraction of sp³-hybridized carbons (Fsp3) is 0.222. The quantitative estimate of drug-likeness (QED) is 0.740. The Bertz CT molecular complexity index is 749. The molecule has 1 amide bonds. The number of ether oxygens (including phenoxy) is 3. The van der Waals surface area contributed by atoms with Crippen molar-refractivity contribution < 1.29 is 23.8 Å². The van der Waals surface area contributed by atoms with Crippen LogP contribution in [0.15, 0.2) is 40.9 Å². The summed E-state index contributed by atoms with van der Waals surface area (Å²) in [5, 5.41) is 2.66. The predicted octanol–water partition coefficient (Wildman–Crippen LogP) is 3.57. The molecule has 2 aromatic carbocycles. The van der Waals surface area contributed by atoms with Crippen molar-refractivity contribution in [3.63, 3.8) is 0 Å². The molecule has 0 atom stereocenters. The SMILES string of the molecule is COc1cc(C(=O)OCC(=O)Nc2ccc(C)cc2)cc(OC)c1Br. The summed E-state index contributed by atoms with van der Waals surface area (Å²) in [5.74, 6) is -0.220. The molecule has 0 bridgehead atoms. The summed E-state index contributed by atoms with van der Waals surface area (Å²) < 4.78 is 16.0. The molecule has 25 heavy (non-hydrogen) atoms. The molecule has 0 spiro atoms. The summed E-state index contributed by atoms with van der Waals surface area (Å²) in [6.07, 6.45) is 0. The van der Waals surface area contributed by atoms with Crippen molar-refractivity contribution in [1.82, 2.24) is 0 Å². The summed E-state index contributed by atoms with van der Waals surface area (Å²) in [4.78, 5) is 24.1. The molecule has 0 fully saturated rings. The number of benzene rings is 2. The van der Waals surface area contributed by atoms with Gasteiger partial charge in [-0.1, -0.05) is 17.7 Å². The molecule has 6 nitrogen and oxygen atoms in total. The molecule has 0 aliphatic carbocycles. The summed E-state index contributed by atoms with van der Waals surface area (Å²) in [5.41, 5.74) is 1.95. The van der Waals surface area contributed by atoms with E-state index in [1.807, 2.05) is 19.1 Å². The van der Waals surface area contributed by atoms with Crippen LogP contribution in [0.5, 0.6) is 11.5 Å². The van der Waals surface area contributed by atoms with E-state index in [0.717, 1.165) is 5.56 Å². The van der Waals surface area contributed by atoms with Crippen LogP contribution < -0.4 is 14.8 Å². The number of anilines is 1. The fourth-order valence-electron chi connectivity index (χ4n) is 2.04. The molecule has 0 saturated carbocycles. The smallest absolute Gasteiger partial charge is 0.338 e. The van der Waals surface area contributed by atoms with Crippen LogP contribution in [0, 0.1) is 6.92 Å². The van der Waals surface area contributed by atoms with E-state index in [1.54, 1.807) is 12.1 Å². The first-order valence-corrected chi connectivity index (χ1v) is 8.19. The molecule has 0 radical (unpaired) electrons. The van der Waals surface area contributed by atoms with Crippen molar-refractivity contribution >= 4 is 33.5 Å². The van der Waals surface area contributed by atoms with Crippen molar-refractivity contribution in [2.75, 3.05) is 26.1 Å². The van der Waals surface area contributed by atoms with Gasteiger partial charge in [-0.2, -0.15) is 0 Å². The molecule has 0 unspecified atom stereocenters. The molecular formula is C18H18BrNO5. The molecule has 1 N–H and O–H groups in total. The highest BCUT2D eigenvalue weighted by Gasteiger charge is 2.16. The lowest BCUT2D eigenvalue weighted by Gasteiger charge is -2.11. The molecule has 0 aliphatic heterocycles. The van der Waals surface area contributed by atoms with E-state index in [2.05, 4.69) is 21.2 Å². The summed E-state index contributed by atoms with van der Waals surface area (Å²) >= 11 is 3.32. The molecule has 132 valence electrons. The number of aryl methyl sites for hydroxylation is 1. The molecular weight excluding hydrogens is 390 g/mol. The van der Waals surface area contributed by atoms with Crippen LogP contribution >= 0.6 is 15.9 Å². The monoisotopic (exact) mass is 407 g/mol. The van der Waals surface area contributed by atoms with Crippen LogP contribution in [0.25, 0.3) is 0 Å². The van der Waals surface area contributed by atoms with E-state index in [4.69, 9.17) is 14.2 Å². The Balaban J connectivity index is 2.00. The molecule has 7 heteroatoms. The van der Waals surface area contributed by atoms with Gasteiger partial charge in [0.05, 0.1) is 19.8 Å². The average molecular weight is 408 g/mol. The van der Waals surface area contributed by atoms with Gasteiger partial charge >= 0.3 is 5.97 Å². The van der Waals surface area contributed by atoms with Gasteiger partial charge in [-0.25, -0.2) is 4.79 Å². The van der Waals surface area contributed by atoms with Crippen molar-refractivity contribution in [3.8, 4) is 11.5 Å². The van der Waals surface area contributed by atoms with E-state index in [9.17, 15) is 9.59 Å². The minimum Gasteiger partial charge on any atom is -0.495 e. The molecule has 0 aromatic heterocycles. The predicted molar refractivity (Wildman–Crippen MR) is 97.3 cm³/mol. The standard InChI is InChI=1S/C18H18BrNO5/c1-11-4-6-13(7-5-11)20-16(21)10-25-18(22)12-8-14(23-2)17(19)15(9-12)24-3/h4-9H,10H2,1-3H3,(H,20,21). The Morgan fingerprint density at radius 3 is 2.12 bits per heavy atom. The van der Waals surface area contributed by atoms with Gasteiger partial charge in [0.25, 0.3) is 5.91 Å². The highest BCUT2D eigenvalue weighted by atomic mass is 79.9. The zero-order valence-corrected chi connectivity index (χ0v) is 15.7. The fourth-order valence-corrected chi connectivity index (χ4v) is 2.59. The number of nitrogens with one attached hydrogen (secondary N) is 1. The highest BCUT2D eigenvalue weighted by Crippen LogP contribution is 2.35. The van der Waals surface area contributed by atoms with Gasteiger partial charge in [-0.3, -0.25) is 4.79 Å². The van der Waals surface area contributed by atoms with E-state index < -0.39 is 18.5 Å². The van der Waals surface area contributed by atoms with E-state index in [0.29, 0.717) is 21.7 Å². The third kappa shape index (κ3) is 4.96. The first kappa shape index (κ1) is 18.8. The van der Waals surface area contributed by atoms with Gasteiger partial charge in [0.1, 0.15) is 16.0 Å². The van der Waals surface area contributed by atoms with Gasteiger partial charge in [0.15, 0.2) is 6.61 Å². The van der Waals surface area contributed by atoms with Crippen molar-refractivity contribution in [1.29, 1.82) is 0 Å². The number of carbonyl (C=O) groups is 2. The molecule has 2 aromatic rings. The summed E-state index contributed by atoms with van der Waals surface area (Å²) in [7, 11) is 2.95. The number of esters is 1. The van der Waals surface area contributed by atoms with Gasteiger partial charge in [-0.15, -0.1) is 0 Å². The van der Waals surface area contributed by atoms with Crippen LogP contribution in [0.3, 0.4) is 0 Å². The Labute approximate surface area is 154 Å². The molecule has 0 aliphatic rings. The van der Waals surface area contributed by atoms with Crippen molar-refractivity contribution in [3.05, 3.63) is 52.0 Å². The summed E-state index contributed by atoms with van der Waals surface area (Å²) in [6, 6.07) is 10.3. The lowest BCUT2D eigenvalue weighted by Crippen LogP contribution is -2.21. The topological polar surface area (TPSA) is 73.9 Å². The maximum absolute atomic E-state index is 12.2. The second kappa shape index (κ2) is 8.53. The van der Waals surface area contributed by atoms with Crippen LogP contribution in [0.2, 0.25) is 0 Å². The maximum Gasteiger partial charge on any atom is 0.338 e. The number of carbonyl (C=O) groups excluding carboxylic acids is 2. The third-order valence-electron chi connectivity index (χ3n) is 3.35.